The number of carbonyl (C=O) groups excluding carboxylic acids is 4. The average molecular weight is 582 g/mol. The van der Waals surface area contributed by atoms with Crippen molar-refractivity contribution in [3.8, 4) is 0 Å². The van der Waals surface area contributed by atoms with E-state index in [1.54, 1.807) is 28.1 Å². The zero-order valence-corrected chi connectivity index (χ0v) is 24.1. The summed E-state index contributed by atoms with van der Waals surface area (Å²) in [6.45, 7) is 1.07. The number of aromatic nitrogens is 1. The van der Waals surface area contributed by atoms with Crippen LogP contribution in [0.3, 0.4) is 0 Å². The topological polar surface area (TPSA) is 121 Å². The molecule has 2 aliphatic heterocycles. The highest BCUT2D eigenvalue weighted by Crippen LogP contribution is 2.23. The zero-order valence-electron chi connectivity index (χ0n) is 24.1. The Bertz CT molecular complexity index is 1470. The SMILES string of the molecule is COCC(=O)N1CCC[C@H]1C(=O)Nc1ccc(C=Cc2ccc(NC(=O)[C@@H]3CCCN3C(=O)c3cccnc3)cc2)cc1. The largest absolute Gasteiger partial charge is 0.375 e. The Hall–Kier alpha value is -4.83. The number of carbonyl (C=O) groups is 4. The van der Waals surface area contributed by atoms with Crippen LogP contribution in [-0.2, 0) is 19.1 Å². The molecular weight excluding hydrogens is 546 g/mol. The molecule has 10 nitrogen and oxygen atoms in total. The highest BCUT2D eigenvalue weighted by Gasteiger charge is 2.35. The summed E-state index contributed by atoms with van der Waals surface area (Å²) in [5, 5.41) is 5.86. The number of rotatable bonds is 9. The number of benzene rings is 2. The molecule has 43 heavy (non-hydrogen) atoms. The van der Waals surface area contributed by atoms with E-state index in [1.165, 1.54) is 13.3 Å². The lowest BCUT2D eigenvalue weighted by atomic mass is 10.1. The van der Waals surface area contributed by atoms with Gasteiger partial charge in [0.15, 0.2) is 0 Å². The molecule has 1 aromatic heterocycles. The van der Waals surface area contributed by atoms with Crippen molar-refractivity contribution in [2.45, 2.75) is 37.8 Å². The second-order valence-electron chi connectivity index (χ2n) is 10.6. The number of hydrogen-bond acceptors (Lipinski definition) is 6. The molecule has 0 unspecified atom stereocenters. The second-order valence-corrected chi connectivity index (χ2v) is 10.6. The maximum Gasteiger partial charge on any atom is 0.256 e. The Morgan fingerprint density at radius 2 is 1.35 bits per heavy atom. The number of nitrogens with zero attached hydrogens (tertiary/aromatic N) is 3. The van der Waals surface area contributed by atoms with Crippen LogP contribution in [-0.4, -0.2) is 77.3 Å². The number of anilines is 2. The number of nitrogens with one attached hydrogen (secondary N) is 2. The van der Waals surface area contributed by atoms with Crippen molar-refractivity contribution in [1.82, 2.24) is 14.8 Å². The van der Waals surface area contributed by atoms with Crippen LogP contribution in [0.2, 0.25) is 0 Å². The Morgan fingerprint density at radius 3 is 1.86 bits per heavy atom. The van der Waals surface area contributed by atoms with Crippen LogP contribution in [0, 0.1) is 0 Å². The van der Waals surface area contributed by atoms with Crippen LogP contribution in [0.25, 0.3) is 12.2 Å². The summed E-state index contributed by atoms with van der Waals surface area (Å²) in [5.41, 5.74) is 3.70. The molecule has 3 aromatic rings. The quantitative estimate of drug-likeness (QED) is 0.368. The summed E-state index contributed by atoms with van der Waals surface area (Å²) in [6.07, 6.45) is 9.87. The van der Waals surface area contributed by atoms with Crippen LogP contribution in [0.5, 0.6) is 0 Å². The third-order valence-electron chi connectivity index (χ3n) is 7.69. The van der Waals surface area contributed by atoms with Gasteiger partial charge in [0, 0.05) is 44.0 Å². The number of amides is 4. The van der Waals surface area contributed by atoms with Gasteiger partial charge in [0.1, 0.15) is 18.7 Å². The first-order chi connectivity index (χ1) is 20.9. The summed E-state index contributed by atoms with van der Waals surface area (Å²) in [6, 6.07) is 17.4. The van der Waals surface area contributed by atoms with Crippen molar-refractivity contribution in [3.05, 3.63) is 89.7 Å². The van der Waals surface area contributed by atoms with E-state index in [9.17, 15) is 19.2 Å². The van der Waals surface area contributed by atoms with Gasteiger partial charge in [-0.15, -0.1) is 0 Å². The van der Waals surface area contributed by atoms with Gasteiger partial charge in [-0.25, -0.2) is 0 Å². The average Bonchev–Trinajstić information content (AvgIpc) is 3.73. The number of methoxy groups -OCH3 is 1. The molecule has 222 valence electrons. The normalized spacial score (nSPS) is 18.2. The molecule has 4 amide bonds. The highest BCUT2D eigenvalue weighted by molar-refractivity contribution is 6.01. The van der Waals surface area contributed by atoms with Gasteiger partial charge in [0.2, 0.25) is 17.7 Å². The lowest BCUT2D eigenvalue weighted by Gasteiger charge is -2.24. The van der Waals surface area contributed by atoms with Crippen molar-refractivity contribution < 1.29 is 23.9 Å². The molecule has 0 aliphatic carbocycles. The molecule has 2 aliphatic rings. The van der Waals surface area contributed by atoms with Gasteiger partial charge < -0.3 is 25.2 Å². The Morgan fingerprint density at radius 1 is 0.814 bits per heavy atom. The van der Waals surface area contributed by atoms with Gasteiger partial charge in [-0.05, 0) is 73.2 Å². The van der Waals surface area contributed by atoms with Crippen LogP contribution in [0.1, 0.15) is 47.2 Å². The Balaban J connectivity index is 1.13. The lowest BCUT2D eigenvalue weighted by Crippen LogP contribution is -2.44. The monoisotopic (exact) mass is 581 g/mol. The van der Waals surface area contributed by atoms with Crippen LogP contribution in [0.15, 0.2) is 73.1 Å². The van der Waals surface area contributed by atoms with E-state index in [2.05, 4.69) is 15.6 Å². The summed E-state index contributed by atoms with van der Waals surface area (Å²) in [4.78, 5) is 58.1. The minimum atomic E-state index is -0.518. The van der Waals surface area contributed by atoms with E-state index >= 15 is 0 Å². The standard InChI is InChI=1S/C33H35N5O5/c1-43-22-30(39)37-19-3-6-28(37)31(40)35-26-14-10-23(11-15-26)8-9-24-12-16-27(17-13-24)36-32(41)29-7-4-20-38(29)33(42)25-5-2-18-34-21-25/h2,5,8-18,21,28-29H,3-4,6-7,19-20,22H2,1H3,(H,35,40)(H,36,41)/t28-,29-/m0/s1. The molecule has 0 saturated carbocycles. The summed E-state index contributed by atoms with van der Waals surface area (Å²) in [7, 11) is 1.47. The molecule has 2 atom stereocenters. The third kappa shape index (κ3) is 7.34. The van der Waals surface area contributed by atoms with E-state index < -0.39 is 12.1 Å². The molecule has 3 heterocycles. The maximum absolute atomic E-state index is 13.0. The van der Waals surface area contributed by atoms with Gasteiger partial charge in [-0.2, -0.15) is 0 Å². The molecule has 2 saturated heterocycles. The molecule has 2 fully saturated rings. The van der Waals surface area contributed by atoms with E-state index in [0.717, 1.165) is 24.0 Å². The van der Waals surface area contributed by atoms with Crippen LogP contribution in [0.4, 0.5) is 11.4 Å². The van der Waals surface area contributed by atoms with Crippen molar-refractivity contribution >= 4 is 47.2 Å². The predicted molar refractivity (Wildman–Crippen MR) is 164 cm³/mol. The van der Waals surface area contributed by atoms with E-state index in [4.69, 9.17) is 4.74 Å². The minimum Gasteiger partial charge on any atom is -0.375 e. The highest BCUT2D eigenvalue weighted by atomic mass is 16.5. The van der Waals surface area contributed by atoms with Gasteiger partial charge in [-0.3, -0.25) is 24.2 Å². The van der Waals surface area contributed by atoms with Gasteiger partial charge in [0.05, 0.1) is 5.56 Å². The maximum atomic E-state index is 13.0. The summed E-state index contributed by atoms with van der Waals surface area (Å²) in [5.74, 6) is -0.757. The number of pyridine rings is 1. The fourth-order valence-corrected chi connectivity index (χ4v) is 5.48. The molecule has 0 bridgehead atoms. The number of likely N-dealkylation sites (tertiary alicyclic amines) is 2. The van der Waals surface area contributed by atoms with Crippen molar-refractivity contribution in [2.24, 2.45) is 0 Å². The minimum absolute atomic E-state index is 0.0308. The molecule has 5 rings (SSSR count). The van der Waals surface area contributed by atoms with E-state index in [-0.39, 0.29) is 30.2 Å². The first kappa shape index (κ1) is 29.7. The fraction of sp³-hybridized carbons (Fsp3) is 0.303. The lowest BCUT2D eigenvalue weighted by molar-refractivity contribution is -0.139. The smallest absolute Gasteiger partial charge is 0.256 e. The van der Waals surface area contributed by atoms with Gasteiger partial charge >= 0.3 is 0 Å². The third-order valence-corrected chi connectivity index (χ3v) is 7.69. The predicted octanol–water partition coefficient (Wildman–Crippen LogP) is 4.07. The van der Waals surface area contributed by atoms with Crippen molar-refractivity contribution in [2.75, 3.05) is 37.4 Å². The Kier molecular flexibility index (Phi) is 9.58. The molecule has 2 aromatic carbocycles. The first-order valence-corrected chi connectivity index (χ1v) is 14.4. The first-order valence-electron chi connectivity index (χ1n) is 14.4. The molecular formula is C33H35N5O5. The summed E-state index contributed by atoms with van der Waals surface area (Å²) >= 11 is 0. The number of ether oxygens (including phenoxy) is 1. The second kappa shape index (κ2) is 13.9. The Labute approximate surface area is 250 Å². The van der Waals surface area contributed by atoms with Crippen LogP contribution >= 0.6 is 0 Å². The molecule has 0 spiro atoms. The van der Waals surface area contributed by atoms with Gasteiger partial charge in [-0.1, -0.05) is 36.4 Å². The molecule has 2 N–H and O–H groups in total. The van der Waals surface area contributed by atoms with Crippen LogP contribution < -0.4 is 10.6 Å². The molecule has 0 radical (unpaired) electrons. The number of hydrogen-bond donors (Lipinski definition) is 2. The summed E-state index contributed by atoms with van der Waals surface area (Å²) < 4.78 is 4.93. The van der Waals surface area contributed by atoms with E-state index in [1.807, 2.05) is 60.7 Å². The molecule has 10 heteroatoms. The van der Waals surface area contributed by atoms with Crippen molar-refractivity contribution in [3.63, 3.8) is 0 Å². The zero-order chi connectivity index (χ0) is 30.2. The van der Waals surface area contributed by atoms with Gasteiger partial charge in [0.25, 0.3) is 5.91 Å². The van der Waals surface area contributed by atoms with E-state index in [0.29, 0.717) is 42.9 Å². The van der Waals surface area contributed by atoms with Crippen molar-refractivity contribution in [1.29, 1.82) is 0 Å². The fourth-order valence-electron chi connectivity index (χ4n) is 5.48.